The van der Waals surface area contributed by atoms with E-state index in [9.17, 15) is 21.6 Å². The van der Waals surface area contributed by atoms with Crippen LogP contribution in [0.4, 0.5) is 13.2 Å². The third kappa shape index (κ3) is 4.32. The lowest BCUT2D eigenvalue weighted by Crippen LogP contribution is -2.34. The van der Waals surface area contributed by atoms with Gasteiger partial charge < -0.3 is 5.32 Å². The van der Waals surface area contributed by atoms with Gasteiger partial charge in [0.2, 0.25) is 10.0 Å². The molecule has 1 aliphatic heterocycles. The third-order valence-electron chi connectivity index (χ3n) is 3.12. The molecule has 1 saturated heterocycles. The largest absolute Gasteiger partial charge is 0.416 e. The summed E-state index contributed by atoms with van der Waals surface area (Å²) in [6, 6.07) is 3.61. The average molecular weight is 345 g/mol. The Hall–Kier alpha value is -0.830. The van der Waals surface area contributed by atoms with Crippen molar-refractivity contribution in [3.05, 3.63) is 29.8 Å². The van der Waals surface area contributed by atoms with E-state index in [1.54, 1.807) is 0 Å². The molecule has 9 heteroatoms. The highest BCUT2D eigenvalue weighted by molar-refractivity contribution is 7.89. The molecule has 0 radical (unpaired) electrons. The summed E-state index contributed by atoms with van der Waals surface area (Å²) in [7, 11) is -3.72. The molecule has 1 aromatic rings. The molecule has 1 aliphatic rings. The molecule has 0 atom stereocenters. The van der Waals surface area contributed by atoms with Gasteiger partial charge in [0.1, 0.15) is 0 Å². The van der Waals surface area contributed by atoms with Crippen molar-refractivity contribution >= 4 is 22.4 Å². The Kier molecular flexibility index (Phi) is 6.03. The van der Waals surface area contributed by atoms with E-state index in [4.69, 9.17) is 0 Å². The quantitative estimate of drug-likeness (QED) is 0.894. The van der Waals surface area contributed by atoms with Crippen LogP contribution in [-0.2, 0) is 16.2 Å². The number of rotatable bonds is 2. The molecule has 2 rings (SSSR count). The molecule has 1 fully saturated rings. The van der Waals surface area contributed by atoms with Gasteiger partial charge in [-0.15, -0.1) is 12.4 Å². The standard InChI is InChI=1S/C12H15F3N2O2S.ClH/c13-12(14,15)10-2-4-11(5-3-10)20(18,19)17-8-1-6-16-7-9-17;/h2-5,16H,1,6-9H2;1H. The van der Waals surface area contributed by atoms with E-state index in [2.05, 4.69) is 5.32 Å². The summed E-state index contributed by atoms with van der Waals surface area (Å²) < 4.78 is 63.3. The van der Waals surface area contributed by atoms with Crippen molar-refractivity contribution < 1.29 is 21.6 Å². The minimum atomic E-state index is -4.46. The summed E-state index contributed by atoms with van der Waals surface area (Å²) in [4.78, 5) is -0.104. The minimum Gasteiger partial charge on any atom is -0.315 e. The molecule has 0 aromatic heterocycles. The molecule has 21 heavy (non-hydrogen) atoms. The van der Waals surface area contributed by atoms with Crippen molar-refractivity contribution in [3.8, 4) is 0 Å². The lowest BCUT2D eigenvalue weighted by molar-refractivity contribution is -0.137. The van der Waals surface area contributed by atoms with E-state index in [0.717, 1.165) is 30.8 Å². The van der Waals surface area contributed by atoms with Crippen molar-refractivity contribution in [3.63, 3.8) is 0 Å². The summed E-state index contributed by atoms with van der Waals surface area (Å²) in [5.74, 6) is 0. The molecule has 0 amide bonds. The molecular formula is C12H16ClF3N2O2S. The lowest BCUT2D eigenvalue weighted by Gasteiger charge is -2.19. The molecule has 0 saturated carbocycles. The van der Waals surface area contributed by atoms with Crippen molar-refractivity contribution in [1.82, 2.24) is 9.62 Å². The van der Waals surface area contributed by atoms with Gasteiger partial charge in [0.05, 0.1) is 10.5 Å². The SMILES string of the molecule is Cl.O=S(=O)(c1ccc(C(F)(F)F)cc1)N1CCCNCC1. The predicted octanol–water partition coefficient (Wildman–Crippen LogP) is 2.11. The molecule has 1 heterocycles. The monoisotopic (exact) mass is 344 g/mol. The Bertz CT molecular complexity index is 553. The first-order chi connectivity index (χ1) is 9.32. The van der Waals surface area contributed by atoms with Crippen molar-refractivity contribution in [1.29, 1.82) is 0 Å². The van der Waals surface area contributed by atoms with Gasteiger partial charge >= 0.3 is 6.18 Å². The van der Waals surface area contributed by atoms with Crippen molar-refractivity contribution in [2.45, 2.75) is 17.5 Å². The van der Waals surface area contributed by atoms with Crippen LogP contribution in [0, 0.1) is 0 Å². The molecule has 1 N–H and O–H groups in total. The number of halogens is 4. The van der Waals surface area contributed by atoms with Crippen molar-refractivity contribution in [2.75, 3.05) is 26.2 Å². The second-order valence-electron chi connectivity index (χ2n) is 4.53. The van der Waals surface area contributed by atoms with Gasteiger partial charge in [-0.25, -0.2) is 8.42 Å². The van der Waals surface area contributed by atoms with Crippen molar-refractivity contribution in [2.24, 2.45) is 0 Å². The Morgan fingerprint density at radius 1 is 1.05 bits per heavy atom. The second kappa shape index (κ2) is 6.95. The number of alkyl halides is 3. The molecule has 120 valence electrons. The zero-order valence-electron chi connectivity index (χ0n) is 11.1. The van der Waals surface area contributed by atoms with Crippen LogP contribution in [-0.4, -0.2) is 38.9 Å². The van der Waals surface area contributed by atoms with Gasteiger partial charge in [0.25, 0.3) is 0 Å². The topological polar surface area (TPSA) is 49.4 Å². The maximum absolute atomic E-state index is 12.5. The molecular weight excluding hydrogens is 329 g/mol. The van der Waals surface area contributed by atoms with Crippen LogP contribution in [0.1, 0.15) is 12.0 Å². The number of nitrogens with one attached hydrogen (secondary N) is 1. The number of nitrogens with zero attached hydrogens (tertiary/aromatic N) is 1. The molecule has 1 aromatic carbocycles. The summed E-state index contributed by atoms with van der Waals surface area (Å²) in [6.07, 6.45) is -3.78. The van der Waals surface area contributed by atoms with E-state index >= 15 is 0 Å². The van der Waals surface area contributed by atoms with Crippen LogP contribution in [0.2, 0.25) is 0 Å². The van der Waals surface area contributed by atoms with Gasteiger partial charge in [-0.05, 0) is 37.2 Å². The van der Waals surface area contributed by atoms with Crippen LogP contribution in [0.3, 0.4) is 0 Å². The smallest absolute Gasteiger partial charge is 0.315 e. The summed E-state index contributed by atoms with van der Waals surface area (Å²) in [6.45, 7) is 1.97. The lowest BCUT2D eigenvalue weighted by atomic mass is 10.2. The zero-order chi connectivity index (χ0) is 14.8. The molecule has 0 aliphatic carbocycles. The maximum atomic E-state index is 12.5. The number of benzene rings is 1. The first-order valence-electron chi connectivity index (χ1n) is 6.20. The first kappa shape index (κ1) is 18.2. The van der Waals surface area contributed by atoms with Crippen LogP contribution < -0.4 is 5.32 Å². The Morgan fingerprint density at radius 2 is 1.67 bits per heavy atom. The van der Waals surface area contributed by atoms with Crippen LogP contribution in [0.25, 0.3) is 0 Å². The highest BCUT2D eigenvalue weighted by Crippen LogP contribution is 2.30. The normalized spacial score (nSPS) is 17.9. The van der Waals surface area contributed by atoms with Gasteiger partial charge in [-0.1, -0.05) is 0 Å². The average Bonchev–Trinajstić information content (AvgIpc) is 2.67. The third-order valence-corrected chi connectivity index (χ3v) is 5.03. The Labute approximate surface area is 127 Å². The number of sulfonamides is 1. The van der Waals surface area contributed by atoms with Gasteiger partial charge in [-0.3, -0.25) is 0 Å². The van der Waals surface area contributed by atoms with E-state index in [1.165, 1.54) is 4.31 Å². The van der Waals surface area contributed by atoms with E-state index in [0.29, 0.717) is 26.1 Å². The van der Waals surface area contributed by atoms with Gasteiger partial charge in [-0.2, -0.15) is 17.5 Å². The van der Waals surface area contributed by atoms with E-state index in [1.807, 2.05) is 0 Å². The fourth-order valence-corrected chi connectivity index (χ4v) is 3.51. The molecule has 0 spiro atoms. The highest BCUT2D eigenvalue weighted by atomic mass is 35.5. The summed E-state index contributed by atoms with van der Waals surface area (Å²) >= 11 is 0. The number of hydrogen-bond acceptors (Lipinski definition) is 3. The predicted molar refractivity (Wildman–Crippen MR) is 74.9 cm³/mol. The zero-order valence-corrected chi connectivity index (χ0v) is 12.7. The number of hydrogen-bond donors (Lipinski definition) is 1. The van der Waals surface area contributed by atoms with E-state index < -0.39 is 21.8 Å². The summed E-state index contributed by atoms with van der Waals surface area (Å²) in [5.41, 5.74) is -0.853. The summed E-state index contributed by atoms with van der Waals surface area (Å²) in [5, 5.41) is 3.07. The fourth-order valence-electron chi connectivity index (χ4n) is 2.03. The molecule has 0 unspecified atom stereocenters. The van der Waals surface area contributed by atoms with Crippen LogP contribution in [0.5, 0.6) is 0 Å². The molecule has 4 nitrogen and oxygen atoms in total. The van der Waals surface area contributed by atoms with E-state index in [-0.39, 0.29) is 17.3 Å². The molecule has 0 bridgehead atoms. The van der Waals surface area contributed by atoms with Gasteiger partial charge in [0.15, 0.2) is 0 Å². The Balaban J connectivity index is 0.00000220. The fraction of sp³-hybridized carbons (Fsp3) is 0.500. The Morgan fingerprint density at radius 3 is 2.24 bits per heavy atom. The van der Waals surface area contributed by atoms with Gasteiger partial charge in [0, 0.05) is 19.6 Å². The van der Waals surface area contributed by atoms with Crippen LogP contribution in [0.15, 0.2) is 29.2 Å². The first-order valence-corrected chi connectivity index (χ1v) is 7.64. The second-order valence-corrected chi connectivity index (χ2v) is 6.47. The minimum absolute atomic E-state index is 0. The maximum Gasteiger partial charge on any atom is 0.416 e. The van der Waals surface area contributed by atoms with Crippen LogP contribution >= 0.6 is 12.4 Å². The highest BCUT2D eigenvalue weighted by Gasteiger charge is 2.31.